The summed E-state index contributed by atoms with van der Waals surface area (Å²) >= 11 is 1.04. The number of hydrogen-bond acceptors (Lipinski definition) is 5. The first kappa shape index (κ1) is 13.5. The van der Waals surface area contributed by atoms with Crippen molar-refractivity contribution < 1.29 is 9.53 Å². The minimum absolute atomic E-state index is 0.0419. The first-order chi connectivity index (χ1) is 10.1. The molecule has 0 fully saturated rings. The number of rotatable bonds is 2. The van der Waals surface area contributed by atoms with Gasteiger partial charge in [0.2, 0.25) is 4.74 Å². The Morgan fingerprint density at radius 2 is 2.00 bits per heavy atom. The van der Waals surface area contributed by atoms with Gasteiger partial charge in [0.25, 0.3) is 0 Å². The monoisotopic (exact) mass is 297 g/mol. The van der Waals surface area contributed by atoms with Crippen molar-refractivity contribution in [2.24, 2.45) is 0 Å². The van der Waals surface area contributed by atoms with E-state index < -0.39 is 5.97 Å². The normalized spacial score (nSPS) is 10.5. The Hall–Kier alpha value is -2.53. The maximum absolute atomic E-state index is 12.1. The van der Waals surface area contributed by atoms with Crippen molar-refractivity contribution in [2.45, 2.75) is 6.92 Å². The van der Waals surface area contributed by atoms with Gasteiger partial charge in [-0.15, -0.1) is 0 Å². The summed E-state index contributed by atoms with van der Waals surface area (Å²) in [7, 11) is 0. The number of esters is 1. The average Bonchev–Trinajstić information content (AvgIpc) is 2.46. The van der Waals surface area contributed by atoms with Gasteiger partial charge in [-0.1, -0.05) is 29.5 Å². The number of benzene rings is 1. The smallest absolute Gasteiger partial charge is 0.348 e. The Kier molecular flexibility index (Phi) is 3.50. The van der Waals surface area contributed by atoms with Crippen LogP contribution in [0.2, 0.25) is 0 Å². The van der Waals surface area contributed by atoms with Gasteiger partial charge in [0.15, 0.2) is 0 Å². The molecule has 0 atom stereocenters. The standard InChI is InChI=1S/C16H11NO3S/c1-10-6-12(9-17-8-10)20-15(18)13-7-11-4-2-3-5-14(11)21-16(13)19/h2-9H,1H3. The number of hydrogen-bond donors (Lipinski definition) is 0. The molecule has 0 spiro atoms. The number of aryl methyl sites for hydroxylation is 1. The van der Waals surface area contributed by atoms with Crippen LogP contribution in [0.1, 0.15) is 15.9 Å². The highest BCUT2D eigenvalue weighted by molar-refractivity contribution is 7.16. The second kappa shape index (κ2) is 5.46. The number of aromatic nitrogens is 1. The molecular weight excluding hydrogens is 286 g/mol. The molecule has 0 radical (unpaired) electrons. The molecule has 5 heteroatoms. The zero-order valence-corrected chi connectivity index (χ0v) is 12.0. The van der Waals surface area contributed by atoms with Gasteiger partial charge in [0.1, 0.15) is 11.3 Å². The molecule has 104 valence electrons. The first-order valence-electron chi connectivity index (χ1n) is 6.30. The molecule has 21 heavy (non-hydrogen) atoms. The van der Waals surface area contributed by atoms with E-state index in [0.717, 1.165) is 27.0 Å². The van der Waals surface area contributed by atoms with Crippen LogP contribution in [0.3, 0.4) is 0 Å². The van der Waals surface area contributed by atoms with E-state index in [1.54, 1.807) is 18.3 Å². The maximum atomic E-state index is 12.1. The fourth-order valence-electron chi connectivity index (χ4n) is 1.95. The number of fused-ring (bicyclic) bond motifs is 1. The van der Waals surface area contributed by atoms with Crippen LogP contribution >= 0.6 is 11.3 Å². The van der Waals surface area contributed by atoms with Crippen molar-refractivity contribution in [3.05, 3.63) is 69.5 Å². The van der Waals surface area contributed by atoms with Crippen molar-refractivity contribution in [3.8, 4) is 5.75 Å². The lowest BCUT2D eigenvalue weighted by molar-refractivity contribution is 0.0733. The van der Waals surface area contributed by atoms with Crippen LogP contribution in [0.5, 0.6) is 5.75 Å². The van der Waals surface area contributed by atoms with Crippen LogP contribution in [0.25, 0.3) is 10.1 Å². The average molecular weight is 297 g/mol. The molecule has 0 saturated carbocycles. The molecule has 0 aliphatic heterocycles. The predicted octanol–water partition coefficient (Wildman–Crippen LogP) is 3.18. The molecule has 0 saturated heterocycles. The summed E-state index contributed by atoms with van der Waals surface area (Å²) in [6, 6.07) is 10.7. The van der Waals surface area contributed by atoms with Crippen LogP contribution < -0.4 is 9.48 Å². The Labute approximate surface area is 124 Å². The summed E-state index contributed by atoms with van der Waals surface area (Å²) in [5, 5.41) is 0.844. The van der Waals surface area contributed by atoms with E-state index >= 15 is 0 Å². The lowest BCUT2D eigenvalue weighted by atomic mass is 10.2. The minimum Gasteiger partial charge on any atom is -0.421 e. The fourth-order valence-corrected chi connectivity index (χ4v) is 2.79. The third-order valence-corrected chi connectivity index (χ3v) is 3.92. The summed E-state index contributed by atoms with van der Waals surface area (Å²) in [5.74, 6) is -0.327. The van der Waals surface area contributed by atoms with Gasteiger partial charge in [-0.2, -0.15) is 0 Å². The number of pyridine rings is 1. The molecule has 0 aliphatic rings. The summed E-state index contributed by atoms with van der Waals surface area (Å²) in [6.07, 6.45) is 3.11. The molecule has 0 unspecified atom stereocenters. The fraction of sp³-hybridized carbons (Fsp3) is 0.0625. The Morgan fingerprint density at radius 1 is 1.19 bits per heavy atom. The van der Waals surface area contributed by atoms with Gasteiger partial charge < -0.3 is 4.74 Å². The van der Waals surface area contributed by atoms with Crippen LogP contribution in [0, 0.1) is 6.92 Å². The quantitative estimate of drug-likeness (QED) is 0.682. The van der Waals surface area contributed by atoms with E-state index in [1.807, 2.05) is 31.2 Å². The summed E-state index contributed by atoms with van der Waals surface area (Å²) in [4.78, 5) is 28.1. The topological polar surface area (TPSA) is 56.3 Å². The van der Waals surface area contributed by atoms with E-state index in [4.69, 9.17) is 4.74 Å². The highest BCUT2D eigenvalue weighted by atomic mass is 32.1. The number of ether oxygens (including phenoxy) is 1. The van der Waals surface area contributed by atoms with Crippen molar-refractivity contribution in [1.82, 2.24) is 4.98 Å². The molecule has 0 aliphatic carbocycles. The van der Waals surface area contributed by atoms with Gasteiger partial charge >= 0.3 is 5.97 Å². The van der Waals surface area contributed by atoms with E-state index in [2.05, 4.69) is 4.98 Å². The Morgan fingerprint density at radius 3 is 2.81 bits per heavy atom. The van der Waals surface area contributed by atoms with E-state index in [1.165, 1.54) is 6.20 Å². The third kappa shape index (κ3) is 2.83. The second-order valence-corrected chi connectivity index (χ2v) is 5.59. The van der Waals surface area contributed by atoms with E-state index in [9.17, 15) is 9.59 Å². The van der Waals surface area contributed by atoms with Crippen LogP contribution in [0.4, 0.5) is 0 Å². The molecular formula is C16H11NO3S. The predicted molar refractivity (Wildman–Crippen MR) is 82.0 cm³/mol. The third-order valence-electron chi connectivity index (χ3n) is 2.92. The SMILES string of the molecule is Cc1cncc(OC(=O)c2cc3ccccc3sc2=O)c1. The van der Waals surface area contributed by atoms with Gasteiger partial charge in [-0.25, -0.2) is 4.79 Å². The molecule has 0 bridgehead atoms. The van der Waals surface area contributed by atoms with Crippen molar-refractivity contribution in [3.63, 3.8) is 0 Å². The number of carbonyl (C=O) groups excluding carboxylic acids is 1. The van der Waals surface area contributed by atoms with E-state index in [-0.39, 0.29) is 10.3 Å². The molecule has 2 aromatic heterocycles. The Balaban J connectivity index is 1.98. The van der Waals surface area contributed by atoms with Crippen LogP contribution in [-0.4, -0.2) is 11.0 Å². The van der Waals surface area contributed by atoms with Gasteiger partial charge in [0.05, 0.1) is 6.20 Å². The molecule has 3 rings (SSSR count). The van der Waals surface area contributed by atoms with Gasteiger partial charge in [-0.3, -0.25) is 9.78 Å². The lowest BCUT2D eigenvalue weighted by Gasteiger charge is -2.04. The van der Waals surface area contributed by atoms with Crippen LogP contribution in [0.15, 0.2) is 53.6 Å². The van der Waals surface area contributed by atoms with Crippen LogP contribution in [-0.2, 0) is 0 Å². The Bertz CT molecular complexity index is 886. The van der Waals surface area contributed by atoms with Gasteiger partial charge in [-0.05, 0) is 36.1 Å². The van der Waals surface area contributed by atoms with Gasteiger partial charge in [0, 0.05) is 10.9 Å². The molecule has 0 amide bonds. The van der Waals surface area contributed by atoms with Crippen molar-refractivity contribution in [2.75, 3.05) is 0 Å². The summed E-state index contributed by atoms with van der Waals surface area (Å²) < 4.78 is 5.75. The van der Waals surface area contributed by atoms with E-state index in [0.29, 0.717) is 5.75 Å². The second-order valence-electron chi connectivity index (χ2n) is 4.57. The number of nitrogens with zero attached hydrogens (tertiary/aromatic N) is 1. The number of carbonyl (C=O) groups is 1. The summed E-state index contributed by atoms with van der Waals surface area (Å²) in [6.45, 7) is 1.85. The molecule has 1 aromatic carbocycles. The summed E-state index contributed by atoms with van der Waals surface area (Å²) in [5.41, 5.74) is 0.921. The minimum atomic E-state index is -0.658. The maximum Gasteiger partial charge on any atom is 0.348 e. The highest BCUT2D eigenvalue weighted by Gasteiger charge is 2.14. The first-order valence-corrected chi connectivity index (χ1v) is 7.12. The molecule has 3 aromatic rings. The lowest BCUT2D eigenvalue weighted by Crippen LogP contribution is -2.17. The molecule has 4 nitrogen and oxygen atoms in total. The van der Waals surface area contributed by atoms with Crippen molar-refractivity contribution in [1.29, 1.82) is 0 Å². The largest absolute Gasteiger partial charge is 0.421 e. The zero-order chi connectivity index (χ0) is 14.8. The van der Waals surface area contributed by atoms with Crippen molar-refractivity contribution >= 4 is 27.4 Å². The highest BCUT2D eigenvalue weighted by Crippen LogP contribution is 2.18. The molecule has 0 N–H and O–H groups in total. The molecule has 2 heterocycles. The zero-order valence-electron chi connectivity index (χ0n) is 11.2.